The van der Waals surface area contributed by atoms with Crippen LogP contribution >= 0.6 is 22.9 Å². The fraction of sp³-hybridized carbons (Fsp3) is 0.316. The average molecular weight is 436 g/mol. The Labute approximate surface area is 175 Å². The Hall–Kier alpha value is -2.46. The van der Waals surface area contributed by atoms with Crippen molar-refractivity contribution in [3.8, 4) is 0 Å². The zero-order valence-electron chi connectivity index (χ0n) is 15.3. The molecule has 1 aromatic carbocycles. The molecule has 0 aliphatic carbocycles. The molecule has 152 valence electrons. The van der Waals surface area contributed by atoms with E-state index in [1.165, 1.54) is 16.2 Å². The third-order valence-electron chi connectivity index (χ3n) is 4.61. The zero-order chi connectivity index (χ0) is 20.4. The summed E-state index contributed by atoms with van der Waals surface area (Å²) in [7, 11) is 0. The van der Waals surface area contributed by atoms with Gasteiger partial charge in [0.25, 0.3) is 17.7 Å². The van der Waals surface area contributed by atoms with Gasteiger partial charge in [0.2, 0.25) is 0 Å². The minimum atomic E-state index is -0.755. The lowest BCUT2D eigenvalue weighted by atomic mass is 10.2. The van der Waals surface area contributed by atoms with Crippen molar-refractivity contribution in [2.24, 2.45) is 0 Å². The molecule has 8 nitrogen and oxygen atoms in total. The number of hydrogen-bond donors (Lipinski definition) is 1. The summed E-state index contributed by atoms with van der Waals surface area (Å²) in [6, 6.07) is 10.3. The lowest BCUT2D eigenvalue weighted by molar-refractivity contribution is -0.126. The number of thiophene rings is 1. The lowest BCUT2D eigenvalue weighted by Gasteiger charge is -2.27. The van der Waals surface area contributed by atoms with Crippen LogP contribution in [0.5, 0.6) is 0 Å². The number of morpholine rings is 1. The second-order valence-corrected chi connectivity index (χ2v) is 8.26. The standard InChI is InChI=1S/C19H18ClN3O5S/c20-16-6-5-15(29-16)19(26)22-9-14(28-11-22)18(25)21-12-1-3-13(4-2-12)23-7-8-27-10-17(23)24/h1-6,14H,7-11H2,(H,21,25). The molecular formula is C19H18ClN3O5S. The summed E-state index contributed by atoms with van der Waals surface area (Å²) in [4.78, 5) is 40.4. The van der Waals surface area contributed by atoms with E-state index in [2.05, 4.69) is 5.32 Å². The highest BCUT2D eigenvalue weighted by Crippen LogP contribution is 2.25. The van der Waals surface area contributed by atoms with Crippen molar-refractivity contribution in [1.82, 2.24) is 4.90 Å². The highest BCUT2D eigenvalue weighted by Gasteiger charge is 2.33. The first-order chi connectivity index (χ1) is 14.0. The van der Waals surface area contributed by atoms with Crippen LogP contribution in [0.3, 0.4) is 0 Å². The summed E-state index contributed by atoms with van der Waals surface area (Å²) in [6.45, 7) is 1.28. The van der Waals surface area contributed by atoms with Crippen LogP contribution in [0.25, 0.3) is 0 Å². The molecule has 1 unspecified atom stereocenters. The van der Waals surface area contributed by atoms with Gasteiger partial charge < -0.3 is 24.6 Å². The van der Waals surface area contributed by atoms with Crippen molar-refractivity contribution in [3.63, 3.8) is 0 Å². The van der Waals surface area contributed by atoms with Crippen LogP contribution in [0.2, 0.25) is 4.34 Å². The quantitative estimate of drug-likeness (QED) is 0.795. The molecule has 1 N–H and O–H groups in total. The maximum Gasteiger partial charge on any atom is 0.265 e. The Balaban J connectivity index is 1.33. The number of ether oxygens (including phenoxy) is 2. The van der Waals surface area contributed by atoms with Gasteiger partial charge >= 0.3 is 0 Å². The van der Waals surface area contributed by atoms with Gasteiger partial charge in [0.15, 0.2) is 6.10 Å². The van der Waals surface area contributed by atoms with E-state index >= 15 is 0 Å². The number of carbonyl (C=O) groups is 3. The second kappa shape index (κ2) is 8.50. The zero-order valence-corrected chi connectivity index (χ0v) is 16.9. The number of halogens is 1. The Morgan fingerprint density at radius 1 is 1.17 bits per heavy atom. The van der Waals surface area contributed by atoms with Gasteiger partial charge in [-0.1, -0.05) is 11.6 Å². The third kappa shape index (κ3) is 4.43. The fourth-order valence-corrected chi connectivity index (χ4v) is 4.12. The molecule has 29 heavy (non-hydrogen) atoms. The summed E-state index contributed by atoms with van der Waals surface area (Å²) in [5, 5.41) is 2.78. The van der Waals surface area contributed by atoms with Crippen molar-refractivity contribution >= 4 is 52.0 Å². The first-order valence-electron chi connectivity index (χ1n) is 8.96. The Morgan fingerprint density at radius 3 is 2.66 bits per heavy atom. The summed E-state index contributed by atoms with van der Waals surface area (Å²) < 4.78 is 11.1. The van der Waals surface area contributed by atoms with Crippen LogP contribution in [-0.4, -0.2) is 61.8 Å². The molecule has 2 aliphatic rings. The molecule has 0 bridgehead atoms. The van der Waals surface area contributed by atoms with E-state index in [0.717, 1.165) is 5.69 Å². The second-order valence-electron chi connectivity index (χ2n) is 6.55. The molecule has 2 fully saturated rings. The lowest BCUT2D eigenvalue weighted by Crippen LogP contribution is -2.41. The van der Waals surface area contributed by atoms with E-state index in [1.807, 2.05) is 0 Å². The Kier molecular flexibility index (Phi) is 5.81. The number of amides is 3. The van der Waals surface area contributed by atoms with Gasteiger partial charge in [-0.15, -0.1) is 11.3 Å². The molecule has 4 rings (SSSR count). The molecule has 3 amide bonds. The Morgan fingerprint density at radius 2 is 1.97 bits per heavy atom. The van der Waals surface area contributed by atoms with E-state index < -0.39 is 6.10 Å². The van der Waals surface area contributed by atoms with Gasteiger partial charge in [-0.2, -0.15) is 0 Å². The molecule has 3 heterocycles. The minimum absolute atomic E-state index is 0.0462. The number of anilines is 2. The molecule has 2 aromatic rings. The minimum Gasteiger partial charge on any atom is -0.370 e. The molecular weight excluding hydrogens is 418 g/mol. The van der Waals surface area contributed by atoms with E-state index in [9.17, 15) is 14.4 Å². The van der Waals surface area contributed by atoms with E-state index in [4.69, 9.17) is 21.1 Å². The van der Waals surface area contributed by atoms with Gasteiger partial charge in [0.05, 0.1) is 22.4 Å². The predicted molar refractivity (Wildman–Crippen MR) is 108 cm³/mol. The monoisotopic (exact) mass is 435 g/mol. The van der Waals surface area contributed by atoms with Gasteiger partial charge in [-0.25, -0.2) is 0 Å². The highest BCUT2D eigenvalue weighted by atomic mass is 35.5. The van der Waals surface area contributed by atoms with Crippen molar-refractivity contribution < 1.29 is 23.9 Å². The van der Waals surface area contributed by atoms with E-state index in [1.54, 1.807) is 41.3 Å². The number of carbonyl (C=O) groups excluding carboxylic acids is 3. The average Bonchev–Trinajstić information content (AvgIpc) is 3.38. The molecule has 1 aromatic heterocycles. The van der Waals surface area contributed by atoms with Gasteiger partial charge in [0, 0.05) is 17.9 Å². The maximum atomic E-state index is 12.5. The fourth-order valence-electron chi connectivity index (χ4n) is 3.11. The van der Waals surface area contributed by atoms with Crippen LogP contribution in [0.1, 0.15) is 9.67 Å². The molecule has 10 heteroatoms. The van der Waals surface area contributed by atoms with Crippen molar-refractivity contribution in [3.05, 3.63) is 45.6 Å². The van der Waals surface area contributed by atoms with Crippen LogP contribution in [0.15, 0.2) is 36.4 Å². The van der Waals surface area contributed by atoms with Gasteiger partial charge in [-0.3, -0.25) is 14.4 Å². The summed E-state index contributed by atoms with van der Waals surface area (Å²) in [5.74, 6) is -0.638. The molecule has 1 atom stereocenters. The van der Waals surface area contributed by atoms with Gasteiger partial charge in [0.1, 0.15) is 13.3 Å². The van der Waals surface area contributed by atoms with Gasteiger partial charge in [-0.05, 0) is 36.4 Å². The molecule has 2 saturated heterocycles. The maximum absolute atomic E-state index is 12.5. The molecule has 0 radical (unpaired) electrons. The van der Waals surface area contributed by atoms with E-state index in [0.29, 0.717) is 28.1 Å². The smallest absolute Gasteiger partial charge is 0.265 e. The van der Waals surface area contributed by atoms with E-state index in [-0.39, 0.29) is 37.6 Å². The number of rotatable bonds is 4. The first-order valence-corrected chi connectivity index (χ1v) is 10.2. The highest BCUT2D eigenvalue weighted by molar-refractivity contribution is 7.17. The summed E-state index contributed by atoms with van der Waals surface area (Å²) in [5.41, 5.74) is 1.33. The molecule has 0 saturated carbocycles. The first kappa shape index (κ1) is 19.8. The normalized spacial score (nSPS) is 19.5. The molecule has 0 spiro atoms. The molecule has 2 aliphatic heterocycles. The van der Waals surface area contributed by atoms with Crippen LogP contribution in [0.4, 0.5) is 11.4 Å². The van der Waals surface area contributed by atoms with Crippen molar-refractivity contribution in [2.75, 3.05) is 43.3 Å². The number of nitrogens with zero attached hydrogens (tertiary/aromatic N) is 2. The van der Waals surface area contributed by atoms with Crippen molar-refractivity contribution in [1.29, 1.82) is 0 Å². The van der Waals surface area contributed by atoms with Crippen LogP contribution in [0, 0.1) is 0 Å². The summed E-state index contributed by atoms with van der Waals surface area (Å²) in [6.07, 6.45) is -0.755. The number of benzene rings is 1. The van der Waals surface area contributed by atoms with Crippen LogP contribution < -0.4 is 10.2 Å². The number of nitrogens with one attached hydrogen (secondary N) is 1. The largest absolute Gasteiger partial charge is 0.370 e. The third-order valence-corrected chi connectivity index (χ3v) is 5.83. The topological polar surface area (TPSA) is 88.2 Å². The Bertz CT molecular complexity index is 932. The van der Waals surface area contributed by atoms with Crippen LogP contribution in [-0.2, 0) is 19.1 Å². The number of hydrogen-bond acceptors (Lipinski definition) is 6. The SMILES string of the molecule is O=C(Nc1ccc(N2CCOCC2=O)cc1)C1CN(C(=O)c2ccc(Cl)s2)CO1. The predicted octanol–water partition coefficient (Wildman–Crippen LogP) is 2.20. The van der Waals surface area contributed by atoms with Crippen molar-refractivity contribution in [2.45, 2.75) is 6.10 Å². The summed E-state index contributed by atoms with van der Waals surface area (Å²) >= 11 is 7.06.